The average Bonchev–Trinajstić information content (AvgIpc) is 2.94. The van der Waals surface area contributed by atoms with Crippen LogP contribution in [0.15, 0.2) is 41.3 Å². The monoisotopic (exact) mass is 334 g/mol. The van der Waals surface area contributed by atoms with E-state index in [1.54, 1.807) is 6.33 Å². The van der Waals surface area contributed by atoms with Crippen LogP contribution in [0.4, 0.5) is 5.82 Å². The van der Waals surface area contributed by atoms with E-state index in [0.29, 0.717) is 6.04 Å². The van der Waals surface area contributed by atoms with Crippen molar-refractivity contribution in [1.29, 1.82) is 0 Å². The Hall–Kier alpha value is -1.33. The van der Waals surface area contributed by atoms with Crippen molar-refractivity contribution in [2.75, 3.05) is 18.4 Å². The molecule has 1 saturated heterocycles. The van der Waals surface area contributed by atoms with Gasteiger partial charge in [0.2, 0.25) is 0 Å². The van der Waals surface area contributed by atoms with Gasteiger partial charge in [0.1, 0.15) is 5.82 Å². The Morgan fingerprint density at radius 2 is 2.20 bits per heavy atom. The van der Waals surface area contributed by atoms with E-state index < -0.39 is 0 Å². The van der Waals surface area contributed by atoms with E-state index in [2.05, 4.69) is 60.4 Å². The lowest BCUT2D eigenvalue weighted by Gasteiger charge is -2.32. The lowest BCUT2D eigenvalue weighted by atomic mass is 10.0. The first-order chi connectivity index (χ1) is 9.79. The van der Waals surface area contributed by atoms with Crippen LogP contribution in [0.3, 0.4) is 0 Å². The molecule has 2 N–H and O–H groups in total. The Kier molecular flexibility index (Phi) is 4.38. The van der Waals surface area contributed by atoms with Gasteiger partial charge in [0.15, 0.2) is 0 Å². The summed E-state index contributed by atoms with van der Waals surface area (Å²) < 4.78 is 1.16. The second-order valence-corrected chi connectivity index (χ2v) is 6.21. The fraction of sp³-hybridized carbons (Fsp3) is 0.400. The summed E-state index contributed by atoms with van der Waals surface area (Å²) in [7, 11) is 0. The third kappa shape index (κ3) is 3.61. The molecule has 0 unspecified atom stereocenters. The van der Waals surface area contributed by atoms with Crippen molar-refractivity contribution in [3.63, 3.8) is 0 Å². The van der Waals surface area contributed by atoms with Crippen LogP contribution in [0, 0.1) is 0 Å². The van der Waals surface area contributed by atoms with Crippen LogP contribution in [-0.4, -0.2) is 34.0 Å². The molecule has 1 fully saturated rings. The van der Waals surface area contributed by atoms with Crippen molar-refractivity contribution in [2.45, 2.75) is 25.4 Å². The van der Waals surface area contributed by atoms with Gasteiger partial charge in [-0.15, -0.1) is 0 Å². The number of hydrogen-bond acceptors (Lipinski definition) is 3. The lowest BCUT2D eigenvalue weighted by molar-refractivity contribution is 0.211. The standard InChI is InChI=1S/C15H19BrN4/c16-13-3-1-2-12(8-13)10-20-6-4-14(5-7-20)19-15-9-17-11-18-15/h1-3,8-9,11,14,19H,4-7,10H2,(H,17,18). The predicted molar refractivity (Wildman–Crippen MR) is 84.7 cm³/mol. The highest BCUT2D eigenvalue weighted by molar-refractivity contribution is 9.10. The quantitative estimate of drug-likeness (QED) is 0.901. The largest absolute Gasteiger partial charge is 0.367 e. The highest BCUT2D eigenvalue weighted by atomic mass is 79.9. The summed E-state index contributed by atoms with van der Waals surface area (Å²) in [5.74, 6) is 1.02. The molecular formula is C15H19BrN4. The van der Waals surface area contributed by atoms with E-state index in [9.17, 15) is 0 Å². The Labute approximate surface area is 127 Å². The molecule has 0 atom stereocenters. The van der Waals surface area contributed by atoms with Crippen molar-refractivity contribution in [1.82, 2.24) is 14.9 Å². The van der Waals surface area contributed by atoms with Gasteiger partial charge in [0, 0.05) is 30.1 Å². The van der Waals surface area contributed by atoms with Gasteiger partial charge < -0.3 is 10.3 Å². The maximum Gasteiger partial charge on any atom is 0.123 e. The molecule has 1 aliphatic heterocycles. The highest BCUT2D eigenvalue weighted by Gasteiger charge is 2.19. The van der Waals surface area contributed by atoms with E-state index in [-0.39, 0.29) is 0 Å². The van der Waals surface area contributed by atoms with Crippen molar-refractivity contribution >= 4 is 21.7 Å². The molecule has 2 aromatic rings. The molecule has 0 spiro atoms. The van der Waals surface area contributed by atoms with Gasteiger partial charge in [-0.05, 0) is 30.5 Å². The number of likely N-dealkylation sites (tertiary alicyclic amines) is 1. The highest BCUT2D eigenvalue weighted by Crippen LogP contribution is 2.18. The second kappa shape index (κ2) is 6.41. The minimum Gasteiger partial charge on any atom is -0.367 e. The number of anilines is 1. The number of imidazole rings is 1. The third-order valence-electron chi connectivity index (χ3n) is 3.74. The van der Waals surface area contributed by atoms with Crippen LogP contribution in [0.2, 0.25) is 0 Å². The Morgan fingerprint density at radius 3 is 2.90 bits per heavy atom. The minimum atomic E-state index is 0.550. The van der Waals surface area contributed by atoms with Crippen molar-refractivity contribution in [2.24, 2.45) is 0 Å². The Morgan fingerprint density at radius 1 is 1.35 bits per heavy atom. The molecule has 1 aliphatic rings. The summed E-state index contributed by atoms with van der Waals surface area (Å²) in [6, 6.07) is 9.12. The van der Waals surface area contributed by atoms with Gasteiger partial charge in [0.05, 0.1) is 12.5 Å². The van der Waals surface area contributed by atoms with Crippen molar-refractivity contribution in [3.05, 3.63) is 46.8 Å². The fourth-order valence-corrected chi connectivity index (χ4v) is 3.13. The molecule has 0 aliphatic carbocycles. The maximum absolute atomic E-state index is 4.03. The molecule has 1 aromatic heterocycles. The molecule has 1 aromatic carbocycles. The summed E-state index contributed by atoms with van der Waals surface area (Å²) in [6.45, 7) is 3.31. The zero-order valence-electron chi connectivity index (χ0n) is 11.3. The second-order valence-electron chi connectivity index (χ2n) is 5.29. The number of nitrogens with one attached hydrogen (secondary N) is 2. The van der Waals surface area contributed by atoms with Gasteiger partial charge in [-0.25, -0.2) is 4.98 Å². The number of piperidine rings is 1. The number of aromatic nitrogens is 2. The van der Waals surface area contributed by atoms with Gasteiger partial charge in [-0.2, -0.15) is 0 Å². The molecule has 4 nitrogen and oxygen atoms in total. The zero-order chi connectivity index (χ0) is 13.8. The number of rotatable bonds is 4. The zero-order valence-corrected chi connectivity index (χ0v) is 12.9. The first-order valence-corrected chi connectivity index (χ1v) is 7.80. The van der Waals surface area contributed by atoms with Crippen LogP contribution >= 0.6 is 15.9 Å². The predicted octanol–water partition coefficient (Wildman–Crippen LogP) is 3.25. The molecule has 106 valence electrons. The average molecular weight is 335 g/mol. The molecule has 0 amide bonds. The van der Waals surface area contributed by atoms with Crippen LogP contribution in [0.5, 0.6) is 0 Å². The van der Waals surface area contributed by atoms with E-state index in [0.717, 1.165) is 29.9 Å². The summed E-state index contributed by atoms with van der Waals surface area (Å²) in [5.41, 5.74) is 1.37. The minimum absolute atomic E-state index is 0.550. The van der Waals surface area contributed by atoms with Crippen molar-refractivity contribution < 1.29 is 0 Å². The van der Waals surface area contributed by atoms with Crippen LogP contribution in [0.25, 0.3) is 0 Å². The van der Waals surface area contributed by atoms with E-state index in [4.69, 9.17) is 0 Å². The molecule has 5 heteroatoms. The normalized spacial score (nSPS) is 17.2. The SMILES string of the molecule is Brc1cccc(CN2CCC(Nc3cnc[nH]3)CC2)c1. The first-order valence-electron chi connectivity index (χ1n) is 7.01. The van der Waals surface area contributed by atoms with Crippen LogP contribution in [-0.2, 0) is 6.54 Å². The van der Waals surface area contributed by atoms with Gasteiger partial charge in [-0.3, -0.25) is 4.90 Å². The topological polar surface area (TPSA) is 44.0 Å². The molecule has 2 heterocycles. The van der Waals surface area contributed by atoms with Gasteiger partial charge >= 0.3 is 0 Å². The van der Waals surface area contributed by atoms with Crippen LogP contribution < -0.4 is 5.32 Å². The number of hydrogen-bond donors (Lipinski definition) is 2. The van der Waals surface area contributed by atoms with Gasteiger partial charge in [0.25, 0.3) is 0 Å². The molecule has 3 rings (SSSR count). The molecular weight excluding hydrogens is 316 g/mol. The Balaban J connectivity index is 1.48. The van der Waals surface area contributed by atoms with Crippen LogP contribution in [0.1, 0.15) is 18.4 Å². The summed E-state index contributed by atoms with van der Waals surface area (Å²) in [6.07, 6.45) is 5.90. The van der Waals surface area contributed by atoms with Crippen molar-refractivity contribution in [3.8, 4) is 0 Å². The Bertz CT molecular complexity index is 533. The molecule has 0 saturated carbocycles. The lowest BCUT2D eigenvalue weighted by Crippen LogP contribution is -2.38. The maximum atomic E-state index is 4.03. The summed E-state index contributed by atoms with van der Waals surface area (Å²) in [5, 5.41) is 3.50. The molecule has 0 radical (unpaired) electrons. The number of H-pyrrole nitrogens is 1. The fourth-order valence-electron chi connectivity index (χ4n) is 2.68. The smallest absolute Gasteiger partial charge is 0.123 e. The van der Waals surface area contributed by atoms with E-state index in [1.165, 1.54) is 18.4 Å². The number of aromatic amines is 1. The molecule has 0 bridgehead atoms. The van der Waals surface area contributed by atoms with E-state index in [1.807, 2.05) is 6.20 Å². The number of nitrogens with zero attached hydrogens (tertiary/aromatic N) is 2. The van der Waals surface area contributed by atoms with E-state index >= 15 is 0 Å². The molecule has 20 heavy (non-hydrogen) atoms. The third-order valence-corrected chi connectivity index (χ3v) is 4.23. The number of benzene rings is 1. The number of halogens is 1. The van der Waals surface area contributed by atoms with Gasteiger partial charge in [-0.1, -0.05) is 28.1 Å². The summed E-state index contributed by atoms with van der Waals surface area (Å²) in [4.78, 5) is 9.66. The first kappa shape index (κ1) is 13.6. The summed E-state index contributed by atoms with van der Waals surface area (Å²) >= 11 is 3.53.